The van der Waals surface area contributed by atoms with Crippen LogP contribution in [0.4, 0.5) is 0 Å². The van der Waals surface area contributed by atoms with Gasteiger partial charge in [-0.15, -0.1) is 6.58 Å². The molecule has 2 bridgehead atoms. The first-order valence-electron chi connectivity index (χ1n) is 7.71. The Balaban J connectivity index is 1.75. The third kappa shape index (κ3) is 1.75. The van der Waals surface area contributed by atoms with Gasteiger partial charge in [-0.1, -0.05) is 48.6 Å². The third-order valence-electron chi connectivity index (χ3n) is 4.94. The number of hydrogen-bond acceptors (Lipinski definition) is 2. The lowest BCUT2D eigenvalue weighted by molar-refractivity contribution is 0.346. The molecule has 0 saturated carbocycles. The van der Waals surface area contributed by atoms with Gasteiger partial charge in [0.05, 0.1) is 6.04 Å². The molecule has 0 fully saturated rings. The lowest BCUT2D eigenvalue weighted by Gasteiger charge is -2.18. The van der Waals surface area contributed by atoms with Gasteiger partial charge in [0.1, 0.15) is 0 Å². The van der Waals surface area contributed by atoms with Crippen LogP contribution < -0.4 is 0 Å². The second kappa shape index (κ2) is 4.80. The average Bonchev–Trinajstić information content (AvgIpc) is 3.21. The van der Waals surface area contributed by atoms with Gasteiger partial charge in [-0.05, 0) is 18.4 Å². The molecule has 0 radical (unpaired) electrons. The number of aromatic nitrogens is 1. The van der Waals surface area contributed by atoms with Gasteiger partial charge in [-0.3, -0.25) is 4.57 Å². The Kier molecular flexibility index (Phi) is 2.89. The first-order valence-corrected chi connectivity index (χ1v) is 7.71. The van der Waals surface area contributed by atoms with E-state index in [9.17, 15) is 10.2 Å². The second-order valence-electron chi connectivity index (χ2n) is 6.17. The van der Waals surface area contributed by atoms with Crippen LogP contribution in [0.15, 0.2) is 55.1 Å². The van der Waals surface area contributed by atoms with Crippen LogP contribution in [0.5, 0.6) is 11.8 Å². The maximum Gasteiger partial charge on any atom is 0.198 e. The highest BCUT2D eigenvalue weighted by Crippen LogP contribution is 2.57. The molecule has 0 spiro atoms. The molecule has 0 saturated heterocycles. The fraction of sp³-hybridized carbons (Fsp3) is 0.263. The lowest BCUT2D eigenvalue weighted by atomic mass is 10.0. The summed E-state index contributed by atoms with van der Waals surface area (Å²) in [5, 5.41) is 21.3. The topological polar surface area (TPSA) is 45.4 Å². The minimum atomic E-state index is -0.160. The van der Waals surface area contributed by atoms with Crippen molar-refractivity contribution in [3.05, 3.63) is 71.8 Å². The molecule has 22 heavy (non-hydrogen) atoms. The first-order chi connectivity index (χ1) is 10.7. The Morgan fingerprint density at radius 2 is 1.68 bits per heavy atom. The van der Waals surface area contributed by atoms with Crippen molar-refractivity contribution >= 4 is 0 Å². The molecule has 2 aliphatic rings. The summed E-state index contributed by atoms with van der Waals surface area (Å²) in [5.41, 5.74) is 2.97. The standard InChI is InChI=1S/C19H19NO2/c1-2-15(10-12-6-4-3-5-7-12)20-18(21)16-13-8-9-14(11-13)17(16)19(20)22/h2-9,13-15,21-22H,1,10-11H2. The molecular weight excluding hydrogens is 274 g/mol. The fourth-order valence-corrected chi connectivity index (χ4v) is 3.91. The quantitative estimate of drug-likeness (QED) is 0.837. The normalized spacial score (nSPS) is 22.7. The summed E-state index contributed by atoms with van der Waals surface area (Å²) < 4.78 is 1.64. The summed E-state index contributed by atoms with van der Waals surface area (Å²) in [5.74, 6) is 0.888. The van der Waals surface area contributed by atoms with Gasteiger partial charge < -0.3 is 10.2 Å². The van der Waals surface area contributed by atoms with E-state index in [4.69, 9.17) is 0 Å². The molecule has 3 unspecified atom stereocenters. The molecule has 3 atom stereocenters. The monoisotopic (exact) mass is 293 g/mol. The number of fused-ring (bicyclic) bond motifs is 5. The number of rotatable bonds is 4. The van der Waals surface area contributed by atoms with E-state index in [1.807, 2.05) is 30.3 Å². The first kappa shape index (κ1) is 13.3. The van der Waals surface area contributed by atoms with E-state index in [-0.39, 0.29) is 29.6 Å². The van der Waals surface area contributed by atoms with Crippen LogP contribution in [-0.2, 0) is 6.42 Å². The van der Waals surface area contributed by atoms with Crippen molar-refractivity contribution in [2.75, 3.05) is 0 Å². The molecule has 1 aromatic heterocycles. The van der Waals surface area contributed by atoms with Gasteiger partial charge in [0, 0.05) is 23.0 Å². The maximum atomic E-state index is 10.7. The van der Waals surface area contributed by atoms with Crippen LogP contribution in [0.3, 0.4) is 0 Å². The van der Waals surface area contributed by atoms with Crippen molar-refractivity contribution in [2.24, 2.45) is 0 Å². The molecule has 112 valence electrons. The summed E-state index contributed by atoms with van der Waals surface area (Å²) in [6, 6.07) is 9.91. The van der Waals surface area contributed by atoms with E-state index >= 15 is 0 Å². The van der Waals surface area contributed by atoms with E-state index in [0.717, 1.165) is 23.1 Å². The van der Waals surface area contributed by atoms with Crippen LogP contribution in [0, 0.1) is 0 Å². The van der Waals surface area contributed by atoms with E-state index in [2.05, 4.69) is 18.7 Å². The zero-order valence-electron chi connectivity index (χ0n) is 12.3. The molecule has 1 heterocycles. The van der Waals surface area contributed by atoms with Crippen LogP contribution in [-0.4, -0.2) is 14.8 Å². The third-order valence-corrected chi connectivity index (χ3v) is 4.94. The predicted molar refractivity (Wildman–Crippen MR) is 86.4 cm³/mol. The van der Waals surface area contributed by atoms with Crippen LogP contribution in [0.1, 0.15) is 41.0 Å². The molecule has 2 N–H and O–H groups in total. The van der Waals surface area contributed by atoms with Crippen molar-refractivity contribution in [3.8, 4) is 11.8 Å². The minimum Gasteiger partial charge on any atom is -0.494 e. The van der Waals surface area contributed by atoms with E-state index in [0.29, 0.717) is 6.42 Å². The predicted octanol–water partition coefficient (Wildman–Crippen LogP) is 4.01. The Morgan fingerprint density at radius 1 is 1.09 bits per heavy atom. The highest BCUT2D eigenvalue weighted by molar-refractivity contribution is 5.59. The highest BCUT2D eigenvalue weighted by Gasteiger charge is 2.41. The summed E-state index contributed by atoms with van der Waals surface area (Å²) in [7, 11) is 0. The fourth-order valence-electron chi connectivity index (χ4n) is 3.91. The smallest absolute Gasteiger partial charge is 0.198 e. The van der Waals surface area contributed by atoms with Crippen LogP contribution in [0.25, 0.3) is 0 Å². The average molecular weight is 293 g/mol. The SMILES string of the molecule is C=CC(Cc1ccccc1)n1c(O)c2c(c1O)C1C=CC2C1. The Bertz CT molecular complexity index is 722. The zero-order valence-corrected chi connectivity index (χ0v) is 12.3. The van der Waals surface area contributed by atoms with Gasteiger partial charge in [0.15, 0.2) is 11.8 Å². The molecule has 0 amide bonds. The number of hydrogen-bond donors (Lipinski definition) is 2. The van der Waals surface area contributed by atoms with Crippen molar-refractivity contribution in [2.45, 2.75) is 30.7 Å². The minimum absolute atomic E-state index is 0.160. The number of allylic oxidation sites excluding steroid dienone is 3. The van der Waals surface area contributed by atoms with Crippen molar-refractivity contribution in [3.63, 3.8) is 0 Å². The van der Waals surface area contributed by atoms with Gasteiger partial charge in [-0.2, -0.15) is 0 Å². The van der Waals surface area contributed by atoms with Crippen molar-refractivity contribution < 1.29 is 10.2 Å². The van der Waals surface area contributed by atoms with E-state index in [1.165, 1.54) is 0 Å². The maximum absolute atomic E-state index is 10.7. The molecule has 2 aliphatic carbocycles. The summed E-state index contributed by atoms with van der Waals surface area (Å²) in [6.45, 7) is 3.89. The molecule has 4 rings (SSSR count). The molecule has 2 aromatic rings. The molecule has 3 nitrogen and oxygen atoms in total. The molecule has 3 heteroatoms. The summed E-state index contributed by atoms with van der Waals surface area (Å²) >= 11 is 0. The summed E-state index contributed by atoms with van der Waals surface area (Å²) in [4.78, 5) is 0. The second-order valence-corrected chi connectivity index (χ2v) is 6.17. The largest absolute Gasteiger partial charge is 0.494 e. The number of benzene rings is 1. The lowest BCUT2D eigenvalue weighted by Crippen LogP contribution is -2.09. The number of aromatic hydroxyl groups is 2. The molecular formula is C19H19NO2. The molecule has 1 aromatic carbocycles. The Hall–Kier alpha value is -2.42. The van der Waals surface area contributed by atoms with Gasteiger partial charge >= 0.3 is 0 Å². The Morgan fingerprint density at radius 3 is 2.23 bits per heavy atom. The van der Waals surface area contributed by atoms with Crippen LogP contribution >= 0.6 is 0 Å². The van der Waals surface area contributed by atoms with Crippen LogP contribution in [0.2, 0.25) is 0 Å². The van der Waals surface area contributed by atoms with E-state index < -0.39 is 0 Å². The summed E-state index contributed by atoms with van der Waals surface area (Å²) in [6.07, 6.45) is 7.73. The van der Waals surface area contributed by atoms with Gasteiger partial charge in [-0.25, -0.2) is 0 Å². The zero-order chi connectivity index (χ0) is 15.3. The van der Waals surface area contributed by atoms with Gasteiger partial charge in [0.2, 0.25) is 0 Å². The van der Waals surface area contributed by atoms with E-state index in [1.54, 1.807) is 10.6 Å². The highest BCUT2D eigenvalue weighted by atomic mass is 16.3. The van der Waals surface area contributed by atoms with Gasteiger partial charge in [0.25, 0.3) is 0 Å². The number of nitrogens with zero attached hydrogens (tertiary/aromatic N) is 1. The molecule has 0 aliphatic heterocycles. The van der Waals surface area contributed by atoms with Crippen molar-refractivity contribution in [1.82, 2.24) is 4.57 Å². The Labute approximate surface area is 129 Å². The van der Waals surface area contributed by atoms with Crippen molar-refractivity contribution in [1.29, 1.82) is 0 Å².